The molecule has 1 heterocycles. The van der Waals surface area contributed by atoms with E-state index in [-0.39, 0.29) is 6.10 Å². The van der Waals surface area contributed by atoms with Crippen molar-refractivity contribution in [2.24, 2.45) is 0 Å². The third-order valence-electron chi connectivity index (χ3n) is 2.53. The van der Waals surface area contributed by atoms with Gasteiger partial charge < -0.3 is 14.8 Å². The Morgan fingerprint density at radius 2 is 2.21 bits per heavy atom. The lowest BCUT2D eigenvalue weighted by Gasteiger charge is -2.15. The quantitative estimate of drug-likeness (QED) is 0.709. The Kier molecular flexibility index (Phi) is 7.79. The van der Waals surface area contributed by atoms with Crippen LogP contribution in [0.25, 0.3) is 0 Å². The molecule has 0 saturated heterocycles. The molecule has 4 nitrogen and oxygen atoms in total. The maximum Gasteiger partial charge on any atom is 0.213 e. The first-order valence-electron chi connectivity index (χ1n) is 6.76. The molecule has 0 aliphatic rings. The number of hydrogen-bond donors (Lipinski definition) is 1. The molecule has 1 atom stereocenters. The van der Waals surface area contributed by atoms with Crippen LogP contribution in [0.3, 0.4) is 0 Å². The summed E-state index contributed by atoms with van der Waals surface area (Å²) < 4.78 is 11.0. The minimum atomic E-state index is -0.0231. The molecule has 1 unspecified atom stereocenters. The third kappa shape index (κ3) is 6.23. The molecule has 1 aromatic heterocycles. The summed E-state index contributed by atoms with van der Waals surface area (Å²) in [7, 11) is 0. The van der Waals surface area contributed by atoms with Gasteiger partial charge in [0.2, 0.25) is 5.88 Å². The summed E-state index contributed by atoms with van der Waals surface area (Å²) in [6.07, 6.45) is 2.70. The molecule has 0 aromatic carbocycles. The van der Waals surface area contributed by atoms with Crippen molar-refractivity contribution in [2.75, 3.05) is 19.8 Å². The molecule has 0 fully saturated rings. The van der Waals surface area contributed by atoms with Crippen molar-refractivity contribution in [3.63, 3.8) is 0 Å². The van der Waals surface area contributed by atoms with E-state index in [2.05, 4.69) is 17.2 Å². The number of aromatic nitrogens is 1. The summed E-state index contributed by atoms with van der Waals surface area (Å²) in [6, 6.07) is 1.88. The van der Waals surface area contributed by atoms with Gasteiger partial charge in [-0.2, -0.15) is 0 Å². The zero-order valence-corrected chi connectivity index (χ0v) is 12.7. The number of nitrogens with one attached hydrogen (secondary N) is 1. The van der Waals surface area contributed by atoms with E-state index in [9.17, 15) is 0 Å². The molecule has 19 heavy (non-hydrogen) atoms. The van der Waals surface area contributed by atoms with Gasteiger partial charge in [-0.25, -0.2) is 4.98 Å². The Balaban J connectivity index is 2.56. The first kappa shape index (κ1) is 16.2. The maximum atomic E-state index is 6.11. The first-order valence-corrected chi connectivity index (χ1v) is 7.14. The average molecular weight is 287 g/mol. The van der Waals surface area contributed by atoms with Gasteiger partial charge in [-0.3, -0.25) is 0 Å². The van der Waals surface area contributed by atoms with Crippen molar-refractivity contribution in [3.05, 3.63) is 22.8 Å². The predicted octanol–water partition coefficient (Wildman–Crippen LogP) is 3.04. The molecule has 1 aromatic rings. The number of hydrogen-bond acceptors (Lipinski definition) is 4. The van der Waals surface area contributed by atoms with Crippen molar-refractivity contribution >= 4 is 11.6 Å². The minimum Gasteiger partial charge on any atom is -0.472 e. The number of nitrogens with zero attached hydrogens (tertiary/aromatic N) is 1. The Bertz CT molecular complexity index is 374. The standard InChI is InChI=1S/C14H23ClN2O2/c1-4-6-16-8-12-7-14(17-9-13(12)15)19-11(3)10-18-5-2/h7,9,11,16H,4-6,8,10H2,1-3H3. The molecular weight excluding hydrogens is 264 g/mol. The Morgan fingerprint density at radius 3 is 2.89 bits per heavy atom. The highest BCUT2D eigenvalue weighted by Crippen LogP contribution is 2.20. The molecule has 0 radical (unpaired) electrons. The van der Waals surface area contributed by atoms with Gasteiger partial charge in [0.05, 0.1) is 11.6 Å². The van der Waals surface area contributed by atoms with Crippen molar-refractivity contribution in [1.29, 1.82) is 0 Å². The first-order chi connectivity index (χ1) is 9.17. The van der Waals surface area contributed by atoms with Gasteiger partial charge in [0.15, 0.2) is 0 Å². The third-order valence-corrected chi connectivity index (χ3v) is 2.87. The second-order valence-electron chi connectivity index (χ2n) is 4.38. The second-order valence-corrected chi connectivity index (χ2v) is 4.79. The van der Waals surface area contributed by atoms with Crippen LogP contribution in [0.1, 0.15) is 32.8 Å². The Labute approximate surface area is 120 Å². The van der Waals surface area contributed by atoms with Gasteiger partial charge in [-0.05, 0) is 32.4 Å². The fourth-order valence-electron chi connectivity index (χ4n) is 1.58. The summed E-state index contributed by atoms with van der Waals surface area (Å²) in [6.45, 7) is 9.00. The van der Waals surface area contributed by atoms with E-state index in [1.54, 1.807) is 6.20 Å². The molecular formula is C14H23ClN2O2. The largest absolute Gasteiger partial charge is 0.472 e. The van der Waals surface area contributed by atoms with Crippen molar-refractivity contribution < 1.29 is 9.47 Å². The average Bonchev–Trinajstić information content (AvgIpc) is 2.40. The lowest BCUT2D eigenvalue weighted by molar-refractivity contribution is 0.0633. The number of halogens is 1. The zero-order chi connectivity index (χ0) is 14.1. The molecule has 0 aliphatic carbocycles. The summed E-state index contributed by atoms with van der Waals surface area (Å²) in [4.78, 5) is 4.18. The van der Waals surface area contributed by atoms with Gasteiger partial charge in [-0.15, -0.1) is 0 Å². The van der Waals surface area contributed by atoms with Gasteiger partial charge in [0.25, 0.3) is 0 Å². The normalized spacial score (nSPS) is 12.4. The van der Waals surface area contributed by atoms with Crippen LogP contribution >= 0.6 is 11.6 Å². The van der Waals surface area contributed by atoms with Crippen molar-refractivity contribution in [1.82, 2.24) is 10.3 Å². The Morgan fingerprint density at radius 1 is 1.42 bits per heavy atom. The van der Waals surface area contributed by atoms with Gasteiger partial charge in [-0.1, -0.05) is 18.5 Å². The van der Waals surface area contributed by atoms with Gasteiger partial charge in [0, 0.05) is 25.4 Å². The minimum absolute atomic E-state index is 0.0231. The van der Waals surface area contributed by atoms with E-state index in [1.165, 1.54) is 0 Å². The van der Waals surface area contributed by atoms with Crippen LogP contribution in [0, 0.1) is 0 Å². The SMILES string of the molecule is CCCNCc1cc(OC(C)COCC)ncc1Cl. The van der Waals surface area contributed by atoms with E-state index in [4.69, 9.17) is 21.1 Å². The molecule has 0 aliphatic heterocycles. The van der Waals surface area contributed by atoms with Gasteiger partial charge in [0.1, 0.15) is 6.10 Å². The Hall–Kier alpha value is -0.840. The van der Waals surface area contributed by atoms with Crippen LogP contribution in [0.2, 0.25) is 5.02 Å². The summed E-state index contributed by atoms with van der Waals surface area (Å²) in [5.74, 6) is 0.588. The number of rotatable bonds is 9. The van der Waals surface area contributed by atoms with E-state index in [0.29, 0.717) is 24.1 Å². The van der Waals surface area contributed by atoms with E-state index in [0.717, 1.165) is 25.1 Å². The number of ether oxygens (including phenoxy) is 2. The second kappa shape index (κ2) is 9.13. The fraction of sp³-hybridized carbons (Fsp3) is 0.643. The maximum absolute atomic E-state index is 6.11. The summed E-state index contributed by atoms with van der Waals surface area (Å²) in [5.41, 5.74) is 1.00. The number of pyridine rings is 1. The lowest BCUT2D eigenvalue weighted by Crippen LogP contribution is -2.20. The molecule has 0 saturated carbocycles. The summed E-state index contributed by atoms with van der Waals surface area (Å²) in [5, 5.41) is 3.98. The topological polar surface area (TPSA) is 43.4 Å². The predicted molar refractivity (Wildman–Crippen MR) is 77.8 cm³/mol. The molecule has 1 rings (SSSR count). The van der Waals surface area contributed by atoms with Crippen LogP contribution in [0.4, 0.5) is 0 Å². The zero-order valence-electron chi connectivity index (χ0n) is 11.9. The fourth-order valence-corrected chi connectivity index (χ4v) is 1.75. The van der Waals surface area contributed by atoms with E-state index >= 15 is 0 Å². The molecule has 0 spiro atoms. The van der Waals surface area contributed by atoms with E-state index < -0.39 is 0 Å². The van der Waals surface area contributed by atoms with Crippen LogP contribution in [-0.4, -0.2) is 30.8 Å². The highest BCUT2D eigenvalue weighted by atomic mass is 35.5. The van der Waals surface area contributed by atoms with Crippen molar-refractivity contribution in [2.45, 2.75) is 39.8 Å². The van der Waals surface area contributed by atoms with Crippen LogP contribution in [-0.2, 0) is 11.3 Å². The molecule has 0 bridgehead atoms. The van der Waals surface area contributed by atoms with E-state index in [1.807, 2.05) is 19.9 Å². The molecule has 5 heteroatoms. The molecule has 108 valence electrons. The molecule has 0 amide bonds. The lowest BCUT2D eigenvalue weighted by atomic mass is 10.2. The monoisotopic (exact) mass is 286 g/mol. The highest BCUT2D eigenvalue weighted by molar-refractivity contribution is 6.31. The van der Waals surface area contributed by atoms with Crippen molar-refractivity contribution in [3.8, 4) is 5.88 Å². The highest BCUT2D eigenvalue weighted by Gasteiger charge is 2.08. The summed E-state index contributed by atoms with van der Waals surface area (Å²) >= 11 is 6.11. The smallest absolute Gasteiger partial charge is 0.213 e. The van der Waals surface area contributed by atoms with Gasteiger partial charge >= 0.3 is 0 Å². The van der Waals surface area contributed by atoms with Crippen LogP contribution < -0.4 is 10.1 Å². The van der Waals surface area contributed by atoms with Crippen LogP contribution in [0.15, 0.2) is 12.3 Å². The van der Waals surface area contributed by atoms with Crippen LogP contribution in [0.5, 0.6) is 5.88 Å². The molecule has 1 N–H and O–H groups in total.